The molecule has 0 bridgehead atoms. The highest BCUT2D eigenvalue weighted by atomic mass is 16.5. The largest absolute Gasteiger partial charge is 0.504 e. The average Bonchev–Trinajstić information content (AvgIpc) is 2.94. The number of phenolic OH excluding ortho intramolecular Hbond substituents is 3. The Bertz CT molecular complexity index is 1430. The summed E-state index contributed by atoms with van der Waals surface area (Å²) in [5, 5.41) is 43.8. The van der Waals surface area contributed by atoms with Crippen molar-refractivity contribution < 1.29 is 44.3 Å². The molecule has 0 radical (unpaired) electrons. The predicted molar refractivity (Wildman–Crippen MR) is 143 cm³/mol. The number of carboxylic acids is 1. The number of carbonyl (C=O) groups is 4. The van der Waals surface area contributed by atoms with E-state index in [4.69, 9.17) is 9.84 Å². The minimum atomic E-state index is -0.784. The highest BCUT2D eigenvalue weighted by Gasteiger charge is 2.26. The van der Waals surface area contributed by atoms with Crippen molar-refractivity contribution >= 4 is 29.4 Å². The highest BCUT2D eigenvalue weighted by Crippen LogP contribution is 2.30. The number of amides is 2. The van der Waals surface area contributed by atoms with Gasteiger partial charge in [-0.1, -0.05) is 0 Å². The third-order valence-electron chi connectivity index (χ3n) is 6.79. The molecular formula is C29H28N2O9. The summed E-state index contributed by atoms with van der Waals surface area (Å²) in [6.07, 6.45) is 2.60. The molecule has 0 aromatic heterocycles. The first-order valence-electron chi connectivity index (χ1n) is 12.6. The van der Waals surface area contributed by atoms with Gasteiger partial charge in [-0.25, -0.2) is 4.79 Å². The lowest BCUT2D eigenvalue weighted by atomic mass is 9.82. The molecule has 0 spiro atoms. The van der Waals surface area contributed by atoms with Gasteiger partial charge in [0.1, 0.15) is 0 Å². The van der Waals surface area contributed by atoms with Crippen LogP contribution in [0.1, 0.15) is 56.8 Å². The summed E-state index contributed by atoms with van der Waals surface area (Å²) in [7, 11) is 0. The number of carboxylic acid groups (broad SMARTS) is 1. The Labute approximate surface area is 229 Å². The SMILES string of the molecule is O=C(NCC1CCC(C(=O)O)CC1)c1ccc(OC(=O)c2ccc(NC(=O)c3ccc(O)c(O)c3)cc2)c(O)c1. The lowest BCUT2D eigenvalue weighted by molar-refractivity contribution is -0.143. The van der Waals surface area contributed by atoms with Crippen LogP contribution in [0.2, 0.25) is 0 Å². The fourth-order valence-corrected chi connectivity index (χ4v) is 4.41. The predicted octanol–water partition coefficient (Wildman–Crippen LogP) is 3.90. The summed E-state index contributed by atoms with van der Waals surface area (Å²) in [5.74, 6) is -3.96. The zero-order chi connectivity index (χ0) is 28.8. The van der Waals surface area contributed by atoms with Crippen molar-refractivity contribution in [2.24, 2.45) is 11.8 Å². The van der Waals surface area contributed by atoms with Gasteiger partial charge in [0.25, 0.3) is 11.8 Å². The summed E-state index contributed by atoms with van der Waals surface area (Å²) < 4.78 is 5.26. The van der Waals surface area contributed by atoms with Crippen LogP contribution < -0.4 is 15.4 Å². The molecule has 0 aliphatic heterocycles. The van der Waals surface area contributed by atoms with Gasteiger partial charge >= 0.3 is 11.9 Å². The van der Waals surface area contributed by atoms with E-state index in [0.29, 0.717) is 37.9 Å². The first-order valence-corrected chi connectivity index (χ1v) is 12.6. The highest BCUT2D eigenvalue weighted by molar-refractivity contribution is 6.05. The molecule has 3 aromatic carbocycles. The van der Waals surface area contributed by atoms with Gasteiger partial charge in [0.2, 0.25) is 0 Å². The molecule has 1 fully saturated rings. The van der Waals surface area contributed by atoms with Crippen LogP contribution in [0.25, 0.3) is 0 Å². The van der Waals surface area contributed by atoms with E-state index in [1.54, 1.807) is 0 Å². The van der Waals surface area contributed by atoms with E-state index < -0.39 is 35.3 Å². The Morgan fingerprint density at radius 2 is 1.32 bits per heavy atom. The fraction of sp³-hybridized carbons (Fsp3) is 0.241. The van der Waals surface area contributed by atoms with E-state index in [2.05, 4.69) is 10.6 Å². The maximum atomic E-state index is 12.6. The van der Waals surface area contributed by atoms with Gasteiger partial charge < -0.3 is 35.8 Å². The number of aromatic hydroxyl groups is 3. The molecule has 40 heavy (non-hydrogen) atoms. The second-order valence-electron chi connectivity index (χ2n) is 9.57. The van der Waals surface area contributed by atoms with Crippen LogP contribution in [-0.2, 0) is 4.79 Å². The summed E-state index contributed by atoms with van der Waals surface area (Å²) >= 11 is 0. The molecule has 2 amide bonds. The summed E-state index contributed by atoms with van der Waals surface area (Å²) in [6.45, 7) is 0.399. The standard InChI is InChI=1S/C29H28N2O9/c32-22-11-7-20(13-23(22)33)27(36)31-21-9-5-18(6-10-21)29(39)40-25-12-8-19(14-24(25)34)26(35)30-15-16-1-3-17(4-2-16)28(37)38/h5-14,16-17,32-34H,1-4,15H2,(H,30,35)(H,31,36)(H,37,38). The number of hydrogen-bond donors (Lipinski definition) is 6. The van der Waals surface area contributed by atoms with Crippen molar-refractivity contribution in [3.63, 3.8) is 0 Å². The Hall–Kier alpha value is -5.06. The second kappa shape index (κ2) is 12.2. The topological polar surface area (TPSA) is 182 Å². The fourth-order valence-electron chi connectivity index (χ4n) is 4.41. The number of benzene rings is 3. The number of aliphatic carboxylic acids is 1. The minimum absolute atomic E-state index is 0.120. The molecule has 0 atom stereocenters. The molecule has 4 rings (SSSR count). The van der Waals surface area contributed by atoms with E-state index in [1.165, 1.54) is 54.6 Å². The van der Waals surface area contributed by atoms with Gasteiger partial charge in [-0.2, -0.15) is 0 Å². The van der Waals surface area contributed by atoms with E-state index in [0.717, 1.165) is 6.07 Å². The molecule has 6 N–H and O–H groups in total. The number of anilines is 1. The van der Waals surface area contributed by atoms with Crippen molar-refractivity contribution in [1.82, 2.24) is 5.32 Å². The molecule has 0 saturated heterocycles. The normalized spacial score (nSPS) is 16.5. The molecule has 0 heterocycles. The van der Waals surface area contributed by atoms with Crippen molar-refractivity contribution in [3.8, 4) is 23.0 Å². The number of carbonyl (C=O) groups excluding carboxylic acids is 3. The van der Waals surface area contributed by atoms with E-state index in [-0.39, 0.29) is 40.0 Å². The van der Waals surface area contributed by atoms with Crippen LogP contribution in [0.5, 0.6) is 23.0 Å². The van der Waals surface area contributed by atoms with Crippen LogP contribution in [0.4, 0.5) is 5.69 Å². The molecule has 11 nitrogen and oxygen atoms in total. The lowest BCUT2D eigenvalue weighted by Gasteiger charge is -2.26. The first-order chi connectivity index (χ1) is 19.1. The number of nitrogens with one attached hydrogen (secondary N) is 2. The van der Waals surface area contributed by atoms with Gasteiger partial charge in [0.15, 0.2) is 23.0 Å². The first kappa shape index (κ1) is 28.0. The Kier molecular flexibility index (Phi) is 8.53. The minimum Gasteiger partial charge on any atom is -0.504 e. The van der Waals surface area contributed by atoms with E-state index in [9.17, 15) is 34.5 Å². The molecule has 1 aliphatic rings. The maximum absolute atomic E-state index is 12.6. The number of ether oxygens (including phenoxy) is 1. The van der Waals surface area contributed by atoms with Gasteiger partial charge in [-0.15, -0.1) is 0 Å². The quantitative estimate of drug-likeness (QED) is 0.138. The Morgan fingerprint density at radius 1 is 0.725 bits per heavy atom. The number of phenols is 3. The van der Waals surface area contributed by atoms with Crippen LogP contribution in [0.3, 0.4) is 0 Å². The molecule has 1 saturated carbocycles. The average molecular weight is 549 g/mol. The lowest BCUT2D eigenvalue weighted by Crippen LogP contribution is -2.32. The second-order valence-corrected chi connectivity index (χ2v) is 9.57. The molecule has 3 aromatic rings. The van der Waals surface area contributed by atoms with Crippen molar-refractivity contribution in [1.29, 1.82) is 0 Å². The van der Waals surface area contributed by atoms with Crippen molar-refractivity contribution in [2.75, 3.05) is 11.9 Å². The third kappa shape index (κ3) is 6.87. The molecular weight excluding hydrogens is 520 g/mol. The van der Waals surface area contributed by atoms with E-state index >= 15 is 0 Å². The summed E-state index contributed by atoms with van der Waals surface area (Å²) in [5.41, 5.74) is 0.800. The van der Waals surface area contributed by atoms with Crippen LogP contribution in [0, 0.1) is 11.8 Å². The van der Waals surface area contributed by atoms with Crippen molar-refractivity contribution in [3.05, 3.63) is 77.4 Å². The summed E-state index contributed by atoms with van der Waals surface area (Å²) in [4.78, 5) is 48.5. The van der Waals surface area contributed by atoms with Gasteiger partial charge in [-0.3, -0.25) is 14.4 Å². The zero-order valence-electron chi connectivity index (χ0n) is 21.3. The van der Waals surface area contributed by atoms with Crippen LogP contribution >= 0.6 is 0 Å². The number of hydrogen-bond acceptors (Lipinski definition) is 8. The number of esters is 1. The molecule has 0 unspecified atom stereocenters. The molecule has 11 heteroatoms. The molecule has 1 aliphatic carbocycles. The van der Waals surface area contributed by atoms with E-state index in [1.807, 2.05) is 0 Å². The van der Waals surface area contributed by atoms with Crippen LogP contribution in [-0.4, -0.2) is 50.7 Å². The van der Waals surface area contributed by atoms with Gasteiger partial charge in [-0.05, 0) is 92.3 Å². The van der Waals surface area contributed by atoms with Gasteiger partial charge in [0, 0.05) is 23.4 Å². The Morgan fingerprint density at radius 3 is 1.95 bits per heavy atom. The van der Waals surface area contributed by atoms with Crippen molar-refractivity contribution in [2.45, 2.75) is 25.7 Å². The smallest absolute Gasteiger partial charge is 0.343 e. The zero-order valence-corrected chi connectivity index (χ0v) is 21.3. The summed E-state index contributed by atoms with van der Waals surface area (Å²) in [6, 6.07) is 13.3. The van der Waals surface area contributed by atoms with Crippen LogP contribution in [0.15, 0.2) is 60.7 Å². The number of rotatable bonds is 8. The monoisotopic (exact) mass is 548 g/mol. The maximum Gasteiger partial charge on any atom is 0.343 e. The third-order valence-corrected chi connectivity index (χ3v) is 6.79. The van der Waals surface area contributed by atoms with Gasteiger partial charge in [0.05, 0.1) is 11.5 Å². The Balaban J connectivity index is 1.29. The molecule has 208 valence electrons.